The SMILES string of the molecule is COc1cc([C@@H]2C[C@H](OC(=O)Cc3cccc(CO)c3)C[C@@H](OC(C)=O)[C@@H]3Cc4cc(OC)c(O)cc4C[C@@]3(/C=C/c3ccccc3)C2)ccc1O. The van der Waals surface area contributed by atoms with Gasteiger partial charge in [-0.3, -0.25) is 9.59 Å². The van der Waals surface area contributed by atoms with E-state index in [1.54, 1.807) is 30.3 Å². The number of aromatic hydroxyl groups is 2. The molecule has 0 unspecified atom stereocenters. The van der Waals surface area contributed by atoms with Crippen LogP contribution >= 0.6 is 0 Å². The van der Waals surface area contributed by atoms with Crippen molar-refractivity contribution >= 4 is 18.0 Å². The van der Waals surface area contributed by atoms with Gasteiger partial charge >= 0.3 is 11.9 Å². The Kier molecular flexibility index (Phi) is 11.2. The fourth-order valence-electron chi connectivity index (χ4n) is 8.15. The van der Waals surface area contributed by atoms with Gasteiger partial charge in [0.25, 0.3) is 0 Å². The summed E-state index contributed by atoms with van der Waals surface area (Å²) in [5, 5.41) is 31.0. The van der Waals surface area contributed by atoms with Crippen LogP contribution in [0.25, 0.3) is 6.08 Å². The third-order valence-corrected chi connectivity index (χ3v) is 10.5. The number of carbonyl (C=O) groups is 2. The highest BCUT2D eigenvalue weighted by atomic mass is 16.6. The maximum Gasteiger partial charge on any atom is 0.310 e. The van der Waals surface area contributed by atoms with E-state index in [0.29, 0.717) is 42.7 Å². The van der Waals surface area contributed by atoms with Crippen LogP contribution in [0, 0.1) is 11.3 Å². The Balaban J connectivity index is 1.47. The number of methoxy groups -OCH3 is 2. The number of allylic oxidation sites excluding steroid dienone is 1. The van der Waals surface area contributed by atoms with Gasteiger partial charge in [0.15, 0.2) is 23.0 Å². The molecule has 1 fully saturated rings. The van der Waals surface area contributed by atoms with Crippen LogP contribution in [-0.2, 0) is 44.9 Å². The minimum Gasteiger partial charge on any atom is -0.504 e. The molecule has 0 radical (unpaired) electrons. The molecule has 2 aliphatic carbocycles. The first-order valence-electron chi connectivity index (χ1n) is 17.6. The lowest BCUT2D eigenvalue weighted by Crippen LogP contribution is -2.49. The predicted octanol–water partition coefficient (Wildman–Crippen LogP) is 7.08. The number of rotatable bonds is 10. The highest BCUT2D eigenvalue weighted by molar-refractivity contribution is 5.73. The monoisotopic (exact) mass is 706 g/mol. The van der Waals surface area contributed by atoms with Gasteiger partial charge in [-0.2, -0.15) is 0 Å². The molecule has 6 rings (SSSR count). The average Bonchev–Trinajstić information content (AvgIpc) is 3.13. The molecule has 0 spiro atoms. The molecule has 4 aromatic rings. The van der Waals surface area contributed by atoms with Crippen molar-refractivity contribution in [3.63, 3.8) is 0 Å². The van der Waals surface area contributed by atoms with Crippen LogP contribution in [0.1, 0.15) is 65.5 Å². The molecule has 1 saturated carbocycles. The lowest BCUT2D eigenvalue weighted by Gasteiger charge is -2.50. The number of fused-ring (bicyclic) bond motifs is 2. The van der Waals surface area contributed by atoms with E-state index in [0.717, 1.165) is 27.8 Å². The van der Waals surface area contributed by atoms with E-state index in [-0.39, 0.29) is 42.8 Å². The van der Waals surface area contributed by atoms with Gasteiger partial charge in [0.2, 0.25) is 0 Å². The van der Waals surface area contributed by atoms with E-state index in [4.69, 9.17) is 18.9 Å². The molecular weight excluding hydrogens is 660 g/mol. The Morgan fingerprint density at radius 2 is 1.58 bits per heavy atom. The molecule has 52 heavy (non-hydrogen) atoms. The second kappa shape index (κ2) is 15.9. The molecule has 3 N–H and O–H groups in total. The van der Waals surface area contributed by atoms with E-state index >= 15 is 0 Å². The number of aliphatic hydroxyl groups is 1. The van der Waals surface area contributed by atoms with E-state index in [2.05, 4.69) is 12.2 Å². The first-order chi connectivity index (χ1) is 25.1. The van der Waals surface area contributed by atoms with Gasteiger partial charge in [-0.15, -0.1) is 0 Å². The van der Waals surface area contributed by atoms with Crippen LogP contribution in [-0.4, -0.2) is 53.7 Å². The van der Waals surface area contributed by atoms with Crippen molar-refractivity contribution < 1.29 is 43.9 Å². The molecule has 0 bridgehead atoms. The number of hydrogen-bond donors (Lipinski definition) is 3. The first kappa shape index (κ1) is 36.5. The number of benzene rings is 4. The third kappa shape index (κ3) is 8.26. The number of phenolic OH excluding ortho intramolecular Hbond substituents is 2. The van der Waals surface area contributed by atoms with E-state index in [1.807, 2.05) is 54.6 Å². The molecule has 0 aliphatic heterocycles. The molecule has 9 nitrogen and oxygen atoms in total. The van der Waals surface area contributed by atoms with Crippen LogP contribution in [0.5, 0.6) is 23.0 Å². The largest absolute Gasteiger partial charge is 0.504 e. The standard InChI is InChI=1S/C43H46O9/c1-27(45)51-39-23-35(52-42(48)17-29-10-7-11-30(16-29)26-44)18-33(31-12-13-37(46)40(21-31)49-2)24-43(15-14-28-8-5-4-6-9-28)25-34-20-38(47)41(50-3)22-32(34)19-36(39)43/h4-16,20-22,33,35-36,39,44,46-47H,17-19,23-26H2,1-3H3/b15-14+/t33-,35+,36+,39-,43-/m1/s1. The molecule has 0 heterocycles. The van der Waals surface area contributed by atoms with Crippen LogP contribution < -0.4 is 9.47 Å². The number of aliphatic hydroxyl groups excluding tert-OH is 1. The second-order valence-electron chi connectivity index (χ2n) is 14.0. The smallest absolute Gasteiger partial charge is 0.310 e. The normalized spacial score (nSPS) is 22.7. The fraction of sp³-hybridized carbons (Fsp3) is 0.349. The quantitative estimate of drug-likeness (QED) is 0.148. The zero-order valence-corrected chi connectivity index (χ0v) is 29.8. The van der Waals surface area contributed by atoms with Crippen molar-refractivity contribution in [2.45, 2.75) is 70.2 Å². The lowest BCUT2D eigenvalue weighted by atomic mass is 9.56. The van der Waals surface area contributed by atoms with Gasteiger partial charge in [-0.25, -0.2) is 0 Å². The Morgan fingerprint density at radius 1 is 0.827 bits per heavy atom. The maximum atomic E-state index is 13.6. The molecule has 2 aliphatic rings. The number of hydrogen-bond acceptors (Lipinski definition) is 9. The summed E-state index contributed by atoms with van der Waals surface area (Å²) in [7, 11) is 3.03. The van der Waals surface area contributed by atoms with Gasteiger partial charge in [0.05, 0.1) is 27.2 Å². The van der Waals surface area contributed by atoms with E-state index in [1.165, 1.54) is 21.1 Å². The number of esters is 2. The highest BCUT2D eigenvalue weighted by Gasteiger charge is 2.50. The summed E-state index contributed by atoms with van der Waals surface area (Å²) in [5.41, 5.74) is 4.74. The van der Waals surface area contributed by atoms with Gasteiger partial charge in [-0.05, 0) is 94.7 Å². The number of carbonyl (C=O) groups excluding carboxylic acids is 2. The second-order valence-corrected chi connectivity index (χ2v) is 14.0. The molecule has 4 aromatic carbocycles. The maximum absolute atomic E-state index is 13.6. The molecule has 0 saturated heterocycles. The summed E-state index contributed by atoms with van der Waals surface area (Å²) in [6.45, 7) is 1.27. The summed E-state index contributed by atoms with van der Waals surface area (Å²) in [4.78, 5) is 26.4. The van der Waals surface area contributed by atoms with Crippen molar-refractivity contribution in [2.24, 2.45) is 11.3 Å². The third-order valence-electron chi connectivity index (χ3n) is 10.5. The first-order valence-corrected chi connectivity index (χ1v) is 17.6. The molecule has 272 valence electrons. The molecule has 9 heteroatoms. The summed E-state index contributed by atoms with van der Waals surface area (Å²) >= 11 is 0. The van der Waals surface area contributed by atoms with Gasteiger partial charge < -0.3 is 34.3 Å². The van der Waals surface area contributed by atoms with Crippen LogP contribution in [0.3, 0.4) is 0 Å². The molecule has 0 aromatic heterocycles. The van der Waals surface area contributed by atoms with Crippen LogP contribution in [0.15, 0.2) is 91.0 Å². The predicted molar refractivity (Wildman–Crippen MR) is 196 cm³/mol. The Bertz CT molecular complexity index is 1920. The zero-order valence-electron chi connectivity index (χ0n) is 29.8. The van der Waals surface area contributed by atoms with Crippen molar-refractivity contribution in [2.75, 3.05) is 14.2 Å². The molecule has 0 amide bonds. The van der Waals surface area contributed by atoms with E-state index in [9.17, 15) is 24.9 Å². The fourth-order valence-corrected chi connectivity index (χ4v) is 8.15. The Morgan fingerprint density at radius 3 is 2.31 bits per heavy atom. The Labute approximate surface area is 304 Å². The minimum atomic E-state index is -0.616. The Hall–Kier alpha value is -5.28. The van der Waals surface area contributed by atoms with Crippen molar-refractivity contribution in [1.82, 2.24) is 0 Å². The molecule has 5 atom stereocenters. The van der Waals surface area contributed by atoms with Crippen molar-refractivity contribution in [3.8, 4) is 23.0 Å². The van der Waals surface area contributed by atoms with Gasteiger partial charge in [-0.1, -0.05) is 72.8 Å². The number of ether oxygens (including phenoxy) is 4. The van der Waals surface area contributed by atoms with Crippen molar-refractivity contribution in [1.29, 1.82) is 0 Å². The summed E-state index contributed by atoms with van der Waals surface area (Å²) in [6.07, 6.45) is 5.46. The summed E-state index contributed by atoms with van der Waals surface area (Å²) < 4.78 is 23.5. The minimum absolute atomic E-state index is 0.0180. The zero-order chi connectivity index (χ0) is 36.8. The van der Waals surface area contributed by atoms with Crippen LogP contribution in [0.4, 0.5) is 0 Å². The highest BCUT2D eigenvalue weighted by Crippen LogP contribution is 2.54. The van der Waals surface area contributed by atoms with E-state index < -0.39 is 29.6 Å². The average molecular weight is 707 g/mol. The van der Waals surface area contributed by atoms with Gasteiger partial charge in [0, 0.05) is 19.3 Å². The summed E-state index contributed by atoms with van der Waals surface area (Å²) in [6, 6.07) is 26.2. The summed E-state index contributed by atoms with van der Waals surface area (Å²) in [5.74, 6) is -0.492. The van der Waals surface area contributed by atoms with Crippen LogP contribution in [0.2, 0.25) is 0 Å². The van der Waals surface area contributed by atoms with Gasteiger partial charge in [0.1, 0.15) is 12.2 Å². The van der Waals surface area contributed by atoms with Crippen molar-refractivity contribution in [3.05, 3.63) is 124 Å². The lowest BCUT2D eigenvalue weighted by molar-refractivity contribution is -0.161. The molecular formula is C43H46O9. The number of phenols is 2. The topological polar surface area (TPSA) is 132 Å².